The molecule has 0 fully saturated rings. The number of pyridine rings is 4. The van der Waals surface area contributed by atoms with Gasteiger partial charge in [-0.3, -0.25) is 38.4 Å². The molecule has 0 saturated carbocycles. The first-order valence-electron chi connectivity index (χ1n) is 36.2. The number of nitrogens with one attached hydrogen (secondary N) is 8. The van der Waals surface area contributed by atoms with Gasteiger partial charge in [-0.2, -0.15) is 46.7 Å². The van der Waals surface area contributed by atoms with Crippen LogP contribution in [0, 0.1) is 77.3 Å². The molecule has 8 amide bonds. The third kappa shape index (κ3) is 22.3. The van der Waals surface area contributed by atoms with E-state index in [-0.39, 0.29) is 103 Å². The highest BCUT2D eigenvalue weighted by Gasteiger charge is 2.39. The first kappa shape index (κ1) is 94.2. The van der Waals surface area contributed by atoms with Crippen molar-refractivity contribution in [1.82, 2.24) is 80.3 Å². The molecule has 644 valence electrons. The first-order valence-corrected chi connectivity index (χ1v) is 37.8. The molecule has 0 unspecified atom stereocenters. The van der Waals surface area contributed by atoms with Gasteiger partial charge in [-0.15, -0.1) is 0 Å². The van der Waals surface area contributed by atoms with Crippen molar-refractivity contribution in [3.63, 3.8) is 0 Å². The van der Waals surface area contributed by atoms with Crippen molar-refractivity contribution in [3.05, 3.63) is 303 Å². The summed E-state index contributed by atoms with van der Waals surface area (Å²) in [7, 11) is 2.78. The van der Waals surface area contributed by atoms with E-state index in [1.54, 1.807) is 53.7 Å². The van der Waals surface area contributed by atoms with Gasteiger partial charge < -0.3 is 42.5 Å². The van der Waals surface area contributed by atoms with Gasteiger partial charge in [-0.25, -0.2) is 75.6 Å². The van der Waals surface area contributed by atoms with Crippen LogP contribution in [0.1, 0.15) is 145 Å². The van der Waals surface area contributed by atoms with E-state index in [0.29, 0.717) is 53.0 Å². The fraction of sp³-hybridized carbons (Fsp3) is 0.171. The van der Waals surface area contributed by atoms with Crippen LogP contribution in [0.4, 0.5) is 89.4 Å². The minimum Gasteiger partial charge on any atom is -0.355 e. The fourth-order valence-corrected chi connectivity index (χ4v) is 12.3. The van der Waals surface area contributed by atoms with Gasteiger partial charge in [0.05, 0.1) is 71.3 Å². The Balaban J connectivity index is 0.000000190. The molecule has 0 radical (unpaired) electrons. The monoisotopic (exact) mass is 1860 g/mol. The third-order valence-electron chi connectivity index (χ3n) is 17.1. The van der Waals surface area contributed by atoms with Crippen LogP contribution in [-0.2, 0) is 12.4 Å². The Hall–Kier alpha value is -15.7. The van der Waals surface area contributed by atoms with Crippen molar-refractivity contribution in [2.75, 3.05) is 35.4 Å². The van der Waals surface area contributed by atoms with Crippen LogP contribution in [0.5, 0.6) is 0 Å². The molecule has 12 aromatic rings. The van der Waals surface area contributed by atoms with E-state index in [4.69, 9.17) is 26.3 Å². The van der Waals surface area contributed by atoms with Gasteiger partial charge >= 0.3 is 12.4 Å². The first-order chi connectivity index (χ1) is 59.5. The van der Waals surface area contributed by atoms with Crippen molar-refractivity contribution in [3.8, 4) is 23.3 Å². The highest BCUT2D eigenvalue weighted by atomic mass is 79.9. The SMILES string of the molecule is [C-]#[N+]c1cc(C)c(NC(=O)c2cc(Br)nn2-c2ncccc2F)c(C(=O)NC(C)C)c1.[C-]#[N+]c1cc(C)c(NC(=O)c2cc(Br)nn2-c2ncccc2F)c(C(=O)NC)c1.[C-]#[N+]c1cc(C)c(NC(=O)c2cc(C(F)(F)F)nn2-c2ncccc2F)c(C(=O)NC(C)C)c1.[C-]#[N+]c1cc(C)c(NC(=O)c2cc(C(F)(F)F)nn2-c2ncccc2F)c(C(=O)NC)c1. The van der Waals surface area contributed by atoms with Crippen LogP contribution in [0.15, 0.2) is 155 Å². The smallest absolute Gasteiger partial charge is 0.355 e. The highest BCUT2D eigenvalue weighted by Crippen LogP contribution is 2.37. The summed E-state index contributed by atoms with van der Waals surface area (Å²) in [5.74, 6) is -10.4. The molecular formula is C82H64Br2F10N24O8. The van der Waals surface area contributed by atoms with Crippen LogP contribution in [-0.4, -0.2) is 132 Å². The fourth-order valence-electron chi connectivity index (χ4n) is 11.5. The zero-order valence-corrected chi connectivity index (χ0v) is 70.1. The van der Waals surface area contributed by atoms with Crippen molar-refractivity contribution < 1.29 is 82.3 Å². The Morgan fingerprint density at radius 3 is 0.802 bits per heavy atom. The highest BCUT2D eigenvalue weighted by molar-refractivity contribution is 9.10. The van der Waals surface area contributed by atoms with E-state index in [0.717, 1.165) is 33.9 Å². The largest absolute Gasteiger partial charge is 0.435 e. The van der Waals surface area contributed by atoms with Gasteiger partial charge in [0.1, 0.15) is 32.0 Å². The van der Waals surface area contributed by atoms with Crippen molar-refractivity contribution in [2.45, 2.75) is 79.8 Å². The summed E-state index contributed by atoms with van der Waals surface area (Å²) in [4.78, 5) is 131. The van der Waals surface area contributed by atoms with Crippen molar-refractivity contribution >= 4 is 125 Å². The van der Waals surface area contributed by atoms with E-state index in [1.807, 2.05) is 0 Å². The summed E-state index contributed by atoms with van der Waals surface area (Å²) in [5.41, 5.74) is -1.06. The van der Waals surface area contributed by atoms with Crippen LogP contribution in [0.3, 0.4) is 0 Å². The average Bonchev–Trinajstić information content (AvgIpc) is 1.03. The summed E-state index contributed by atoms with van der Waals surface area (Å²) in [6.07, 6.45) is -4.79. The lowest BCUT2D eigenvalue weighted by molar-refractivity contribution is -0.142. The number of anilines is 4. The number of halogens is 12. The minimum absolute atomic E-state index is 0.00554. The number of alkyl halides is 6. The topological polar surface area (TPSA) is 373 Å². The zero-order chi connectivity index (χ0) is 92.7. The number of aryl methyl sites for hydroxylation is 4. The molecule has 44 heteroatoms. The molecule has 8 heterocycles. The number of rotatable bonds is 18. The Bertz CT molecular complexity index is 6490. The molecule has 0 atom stereocenters. The lowest BCUT2D eigenvalue weighted by Gasteiger charge is -2.16. The molecule has 32 nitrogen and oxygen atoms in total. The van der Waals surface area contributed by atoms with Crippen LogP contribution >= 0.6 is 31.9 Å². The molecule has 0 aliphatic carbocycles. The minimum atomic E-state index is -4.92. The van der Waals surface area contributed by atoms with Crippen LogP contribution in [0.25, 0.3) is 42.7 Å². The molecule has 12 rings (SSSR count). The second-order valence-electron chi connectivity index (χ2n) is 26.8. The maximum Gasteiger partial charge on any atom is 0.435 e. The number of amides is 8. The van der Waals surface area contributed by atoms with Crippen molar-refractivity contribution in [2.24, 2.45) is 0 Å². The standard InChI is InChI=1S/C22H18F4N6O2.C21H18BrFN6O2.C20H14F4N6O2.C19H14BrFN6O2/c1-11(2)29-20(33)14-9-13(27-4)8-12(3)18(14)30-21(34)16-10-17(22(24,25)26)31-32(16)19-15(23)6-5-7-28-19;1-11(2)26-20(30)14-9-13(24-4)8-12(3)18(14)27-21(31)16-10-17(22)28-29(16)19-15(23)6-5-7-25-19;1-10-7-11(25-2)8-12(18(31)26-3)16(10)28-19(32)14-9-15(20(22,23)24)29-30(14)17-13(21)5-4-6-27-17;1-10-7-11(22-2)8-12(18(28)23-3)16(10)25-19(29)14-9-15(20)26-27(14)17-13(21)5-4-6-24-17/h5-11H,1-3H3,(H,29,33)(H,30,34);5-11H,1-3H3,(H,26,30)(H,27,31);4-9H,1,3H3,(H,26,31)(H,28,32);4-9H,1,3H3,(H,23,28)(H,25,29). The number of hydrogen-bond acceptors (Lipinski definition) is 16. The number of carbonyl (C=O) groups excluding carboxylic acids is 8. The Morgan fingerprint density at radius 2 is 0.587 bits per heavy atom. The van der Waals surface area contributed by atoms with E-state index >= 15 is 0 Å². The molecule has 8 aromatic heterocycles. The maximum atomic E-state index is 14.3. The number of benzene rings is 4. The molecule has 4 aromatic carbocycles. The lowest BCUT2D eigenvalue weighted by atomic mass is 10.0. The third-order valence-corrected chi connectivity index (χ3v) is 17.8. The maximum absolute atomic E-state index is 14.3. The number of carbonyl (C=O) groups is 8. The molecule has 0 spiro atoms. The van der Waals surface area contributed by atoms with Crippen LogP contribution in [0.2, 0.25) is 0 Å². The number of hydrogen-bond donors (Lipinski definition) is 8. The quantitative estimate of drug-likeness (QED) is 0.0292. The lowest BCUT2D eigenvalue weighted by Crippen LogP contribution is -2.31. The van der Waals surface area contributed by atoms with E-state index in [1.165, 1.54) is 125 Å². The molecule has 8 N–H and O–H groups in total. The second kappa shape index (κ2) is 40.3. The van der Waals surface area contributed by atoms with E-state index < -0.39 is 117 Å². The number of aromatic nitrogens is 12. The van der Waals surface area contributed by atoms with Gasteiger partial charge in [-0.1, -0.05) is 24.3 Å². The summed E-state index contributed by atoms with van der Waals surface area (Å²) < 4.78 is 140. The van der Waals surface area contributed by atoms with Gasteiger partial charge in [0.2, 0.25) is 0 Å². The van der Waals surface area contributed by atoms with Gasteiger partial charge in [0.15, 0.2) is 80.7 Å². The van der Waals surface area contributed by atoms with Crippen LogP contribution < -0.4 is 42.5 Å². The van der Waals surface area contributed by atoms with Gasteiger partial charge in [-0.05, 0) is 182 Å². The van der Waals surface area contributed by atoms with Gasteiger partial charge in [0.25, 0.3) is 47.3 Å². The summed E-state index contributed by atoms with van der Waals surface area (Å²) >= 11 is 6.38. The zero-order valence-electron chi connectivity index (χ0n) is 67.0. The predicted octanol–water partition coefficient (Wildman–Crippen LogP) is 16.6. The molecular weight excluding hydrogens is 1800 g/mol. The van der Waals surface area contributed by atoms with E-state index in [2.05, 4.69) is 134 Å². The predicted molar refractivity (Wildman–Crippen MR) is 444 cm³/mol. The van der Waals surface area contributed by atoms with E-state index in [9.17, 15) is 82.3 Å². The normalized spacial score (nSPS) is 10.8. The molecule has 0 aliphatic rings. The Kier molecular flexibility index (Phi) is 30.1. The summed E-state index contributed by atoms with van der Waals surface area (Å²) in [6, 6.07) is 24.2. The summed E-state index contributed by atoms with van der Waals surface area (Å²) in [5, 5.41) is 35.2. The molecule has 0 bridgehead atoms. The second-order valence-corrected chi connectivity index (χ2v) is 28.5. The Labute approximate surface area is 724 Å². The van der Waals surface area contributed by atoms with Gasteiger partial charge in [0, 0.05) is 75.2 Å². The molecule has 126 heavy (non-hydrogen) atoms. The summed E-state index contributed by atoms with van der Waals surface area (Å²) in [6.45, 7) is 42.2. The average molecular weight is 1860 g/mol. The molecule has 0 saturated heterocycles. The number of nitrogens with zero attached hydrogens (tertiary/aromatic N) is 16. The molecule has 0 aliphatic heterocycles. The Morgan fingerprint density at radius 1 is 0.357 bits per heavy atom. The van der Waals surface area contributed by atoms with Crippen molar-refractivity contribution in [1.29, 1.82) is 0 Å².